The van der Waals surface area contributed by atoms with E-state index in [9.17, 15) is 0 Å². The zero-order valence-corrected chi connectivity index (χ0v) is 15.1. The van der Waals surface area contributed by atoms with Gasteiger partial charge in [0.2, 0.25) is 0 Å². The quantitative estimate of drug-likeness (QED) is 0.901. The van der Waals surface area contributed by atoms with E-state index in [-0.39, 0.29) is 6.04 Å². The standard InChI is InChI=1S/C20H27N5/c1-4-25-18(16-8-5-7-14(2)11-16)13-23-19(21)20(25)24-15(3)17-9-6-10-22-12-17/h4-5,7-8,11,13,15,17,22H,1,6,9-10,12H2,2-3H3,(H2,21,23). The number of nitrogen functional groups attached to an aromatic ring is 1. The number of nitrogens with two attached hydrogens (primary N) is 1. The van der Waals surface area contributed by atoms with Crippen LogP contribution in [0.5, 0.6) is 0 Å². The Morgan fingerprint density at radius 1 is 1.48 bits per heavy atom. The van der Waals surface area contributed by atoms with Gasteiger partial charge in [-0.1, -0.05) is 30.3 Å². The molecule has 1 aliphatic heterocycles. The summed E-state index contributed by atoms with van der Waals surface area (Å²) in [5.41, 5.74) is 10.1. The summed E-state index contributed by atoms with van der Waals surface area (Å²) in [6.45, 7) is 10.3. The predicted molar refractivity (Wildman–Crippen MR) is 104 cm³/mol. The van der Waals surface area contributed by atoms with Gasteiger partial charge in [-0.05, 0) is 51.8 Å². The first-order valence-corrected chi connectivity index (χ1v) is 8.91. The molecule has 1 fully saturated rings. The van der Waals surface area contributed by atoms with E-state index in [4.69, 9.17) is 10.7 Å². The van der Waals surface area contributed by atoms with Crippen molar-refractivity contribution >= 4 is 12.0 Å². The summed E-state index contributed by atoms with van der Waals surface area (Å²) in [7, 11) is 0. The Morgan fingerprint density at radius 3 is 3.00 bits per heavy atom. The average Bonchev–Trinajstić information content (AvgIpc) is 2.63. The topological polar surface area (TPSA) is 68.2 Å². The molecular formula is C20H27N5. The number of aryl methyl sites for hydroxylation is 1. The second-order valence-electron chi connectivity index (χ2n) is 6.75. The highest BCUT2D eigenvalue weighted by molar-refractivity contribution is 5.62. The molecule has 0 radical (unpaired) electrons. The van der Waals surface area contributed by atoms with Gasteiger partial charge in [0, 0.05) is 11.8 Å². The Balaban J connectivity index is 2.08. The molecule has 5 heteroatoms. The molecule has 2 atom stereocenters. The molecule has 132 valence electrons. The number of anilines is 1. The summed E-state index contributed by atoms with van der Waals surface area (Å²) in [5.74, 6) is 0.959. The first kappa shape index (κ1) is 17.4. The van der Waals surface area contributed by atoms with Gasteiger partial charge in [-0.15, -0.1) is 0 Å². The molecular weight excluding hydrogens is 310 g/mol. The summed E-state index contributed by atoms with van der Waals surface area (Å²) in [6.07, 6.45) is 5.94. The van der Waals surface area contributed by atoms with Crippen LogP contribution in [0.1, 0.15) is 25.3 Å². The average molecular weight is 337 g/mol. The van der Waals surface area contributed by atoms with Crippen molar-refractivity contribution in [2.24, 2.45) is 10.9 Å². The van der Waals surface area contributed by atoms with Gasteiger partial charge in [0.1, 0.15) is 0 Å². The Labute approximate surface area is 149 Å². The minimum absolute atomic E-state index is 0.177. The third-order valence-corrected chi connectivity index (χ3v) is 4.88. The number of aromatic nitrogens is 2. The molecule has 2 aromatic rings. The highest BCUT2D eigenvalue weighted by Crippen LogP contribution is 2.20. The van der Waals surface area contributed by atoms with E-state index in [1.54, 1.807) is 12.4 Å². The van der Waals surface area contributed by atoms with E-state index < -0.39 is 0 Å². The highest BCUT2D eigenvalue weighted by Gasteiger charge is 2.19. The van der Waals surface area contributed by atoms with Crippen LogP contribution in [0.25, 0.3) is 17.5 Å². The Morgan fingerprint density at radius 2 is 2.32 bits per heavy atom. The molecule has 25 heavy (non-hydrogen) atoms. The summed E-state index contributed by atoms with van der Waals surface area (Å²) < 4.78 is 1.95. The number of benzene rings is 1. The van der Waals surface area contributed by atoms with Crippen LogP contribution in [0, 0.1) is 12.8 Å². The lowest BCUT2D eigenvalue weighted by atomic mass is 9.93. The Bertz CT molecular complexity index is 815. The number of rotatable bonds is 4. The van der Waals surface area contributed by atoms with Crippen molar-refractivity contribution in [2.45, 2.75) is 32.7 Å². The lowest BCUT2D eigenvalue weighted by molar-refractivity contribution is 0.332. The van der Waals surface area contributed by atoms with Gasteiger partial charge in [-0.2, -0.15) is 0 Å². The highest BCUT2D eigenvalue weighted by atomic mass is 15.1. The van der Waals surface area contributed by atoms with Crippen molar-refractivity contribution in [1.82, 2.24) is 14.9 Å². The molecule has 1 aliphatic rings. The zero-order chi connectivity index (χ0) is 17.8. The second kappa shape index (κ2) is 7.66. The Kier molecular flexibility index (Phi) is 5.34. The smallest absolute Gasteiger partial charge is 0.175 e. The van der Waals surface area contributed by atoms with Crippen LogP contribution in [0.2, 0.25) is 0 Å². The van der Waals surface area contributed by atoms with E-state index >= 15 is 0 Å². The third kappa shape index (κ3) is 3.82. The van der Waals surface area contributed by atoms with Crippen LogP contribution in [-0.4, -0.2) is 28.7 Å². The normalized spacial score (nSPS) is 19.6. The summed E-state index contributed by atoms with van der Waals surface area (Å²) in [6, 6.07) is 8.50. The number of nitrogens with zero attached hydrogens (tertiary/aromatic N) is 3. The van der Waals surface area contributed by atoms with Gasteiger partial charge in [0.25, 0.3) is 0 Å². The fourth-order valence-corrected chi connectivity index (χ4v) is 3.41. The molecule has 0 saturated carbocycles. The van der Waals surface area contributed by atoms with Gasteiger partial charge in [0.15, 0.2) is 11.3 Å². The van der Waals surface area contributed by atoms with E-state index in [0.29, 0.717) is 17.2 Å². The van der Waals surface area contributed by atoms with Gasteiger partial charge in [-0.25, -0.2) is 4.98 Å². The van der Waals surface area contributed by atoms with Crippen molar-refractivity contribution < 1.29 is 0 Å². The zero-order valence-electron chi connectivity index (χ0n) is 15.1. The van der Waals surface area contributed by atoms with Gasteiger partial charge >= 0.3 is 0 Å². The molecule has 0 spiro atoms. The van der Waals surface area contributed by atoms with Crippen molar-refractivity contribution in [3.63, 3.8) is 0 Å². The number of hydrogen-bond donors (Lipinski definition) is 2. The maximum absolute atomic E-state index is 6.16. The molecule has 1 aromatic heterocycles. The fourth-order valence-electron chi connectivity index (χ4n) is 3.41. The summed E-state index contributed by atoms with van der Waals surface area (Å²) in [5, 5.41) is 3.45. The Hall–Kier alpha value is -2.40. The van der Waals surface area contributed by atoms with Crippen LogP contribution in [0.4, 0.5) is 5.82 Å². The minimum Gasteiger partial charge on any atom is -0.381 e. The minimum atomic E-state index is 0.177. The predicted octanol–water partition coefficient (Wildman–Crippen LogP) is 2.83. The van der Waals surface area contributed by atoms with E-state index in [0.717, 1.165) is 24.3 Å². The molecule has 3 N–H and O–H groups in total. The monoisotopic (exact) mass is 337 g/mol. The van der Waals surface area contributed by atoms with E-state index in [1.165, 1.54) is 18.4 Å². The van der Waals surface area contributed by atoms with E-state index in [1.807, 2.05) is 10.6 Å². The van der Waals surface area contributed by atoms with Gasteiger partial charge < -0.3 is 11.1 Å². The molecule has 2 heterocycles. The number of hydrogen-bond acceptors (Lipinski definition) is 4. The van der Waals surface area contributed by atoms with Crippen molar-refractivity contribution in [2.75, 3.05) is 18.8 Å². The molecule has 0 bridgehead atoms. The molecule has 0 amide bonds. The first-order chi connectivity index (χ1) is 12.1. The summed E-state index contributed by atoms with van der Waals surface area (Å²) in [4.78, 5) is 9.32. The molecule has 0 aliphatic carbocycles. The largest absolute Gasteiger partial charge is 0.381 e. The lowest BCUT2D eigenvalue weighted by Gasteiger charge is -2.26. The molecule has 3 rings (SSSR count). The number of nitrogens with one attached hydrogen (secondary N) is 1. The maximum atomic E-state index is 6.16. The van der Waals surface area contributed by atoms with Crippen LogP contribution < -0.4 is 16.5 Å². The second-order valence-corrected chi connectivity index (χ2v) is 6.75. The van der Waals surface area contributed by atoms with Crippen LogP contribution in [0.3, 0.4) is 0 Å². The molecule has 2 unspecified atom stereocenters. The van der Waals surface area contributed by atoms with Crippen molar-refractivity contribution in [3.05, 3.63) is 48.1 Å². The lowest BCUT2D eigenvalue weighted by Crippen LogP contribution is -2.36. The van der Waals surface area contributed by atoms with Gasteiger partial charge in [0.05, 0.1) is 17.9 Å². The van der Waals surface area contributed by atoms with Crippen LogP contribution >= 0.6 is 0 Å². The van der Waals surface area contributed by atoms with E-state index in [2.05, 4.69) is 48.9 Å². The fraction of sp³-hybridized carbons (Fsp3) is 0.400. The van der Waals surface area contributed by atoms with Crippen LogP contribution in [-0.2, 0) is 0 Å². The number of piperidine rings is 1. The molecule has 1 aromatic carbocycles. The van der Waals surface area contributed by atoms with Gasteiger partial charge in [-0.3, -0.25) is 9.56 Å². The summed E-state index contributed by atoms with van der Waals surface area (Å²) >= 11 is 0. The molecule has 5 nitrogen and oxygen atoms in total. The van der Waals surface area contributed by atoms with Crippen molar-refractivity contribution in [3.8, 4) is 11.3 Å². The molecule has 1 saturated heterocycles. The third-order valence-electron chi connectivity index (χ3n) is 4.88. The van der Waals surface area contributed by atoms with Crippen molar-refractivity contribution in [1.29, 1.82) is 0 Å². The first-order valence-electron chi connectivity index (χ1n) is 8.91. The van der Waals surface area contributed by atoms with Crippen LogP contribution in [0.15, 0.2) is 42.0 Å². The maximum Gasteiger partial charge on any atom is 0.175 e. The SMILES string of the molecule is C=Cn1c(-c2cccc(C)c2)cnc(N)c1=NC(C)C1CCCNC1.